The molecule has 0 radical (unpaired) electrons. The zero-order valence-corrected chi connectivity index (χ0v) is 11.8. The quantitative estimate of drug-likeness (QED) is 0.818. The molecule has 0 aromatic heterocycles. The monoisotopic (exact) mass is 273 g/mol. The summed E-state index contributed by atoms with van der Waals surface area (Å²) >= 11 is 0. The summed E-state index contributed by atoms with van der Waals surface area (Å²) in [6.45, 7) is 4.10. The topological polar surface area (TPSA) is 70.6 Å². The summed E-state index contributed by atoms with van der Waals surface area (Å²) in [5, 5.41) is 5.38. The molecule has 2 amide bonds. The molecule has 1 aliphatic rings. The highest BCUT2D eigenvalue weighted by atomic mass is 16.2. The van der Waals surface area contributed by atoms with Gasteiger partial charge in [-0.2, -0.15) is 0 Å². The first-order chi connectivity index (χ1) is 9.62. The highest BCUT2D eigenvalue weighted by Gasteiger charge is 2.46. The highest BCUT2D eigenvalue weighted by molar-refractivity contribution is 6.20. The molecule has 1 heterocycles. The van der Waals surface area contributed by atoms with Crippen molar-refractivity contribution in [3.63, 3.8) is 0 Å². The average molecular weight is 273 g/mol. The van der Waals surface area contributed by atoms with Crippen LogP contribution in [0.1, 0.15) is 32.3 Å². The van der Waals surface area contributed by atoms with Gasteiger partial charge in [-0.15, -0.1) is 0 Å². The number of aliphatic imine (C=N–C) groups is 1. The molecular weight excluding hydrogens is 254 g/mol. The van der Waals surface area contributed by atoms with Gasteiger partial charge in [0, 0.05) is 0 Å². The van der Waals surface area contributed by atoms with Gasteiger partial charge in [-0.3, -0.25) is 20.2 Å². The van der Waals surface area contributed by atoms with Gasteiger partial charge in [-0.25, -0.2) is 4.99 Å². The van der Waals surface area contributed by atoms with Gasteiger partial charge in [-0.1, -0.05) is 44.2 Å². The van der Waals surface area contributed by atoms with Crippen LogP contribution in [0.5, 0.6) is 0 Å². The molecule has 106 valence electrons. The van der Waals surface area contributed by atoms with Gasteiger partial charge in [0.05, 0.1) is 6.54 Å². The molecule has 1 fully saturated rings. The number of guanidine groups is 1. The number of nitrogens with one attached hydrogen (secondary N) is 2. The molecule has 0 atom stereocenters. The number of hydrogen-bond acceptors (Lipinski definition) is 3. The van der Waals surface area contributed by atoms with E-state index in [9.17, 15) is 9.59 Å². The van der Waals surface area contributed by atoms with E-state index >= 15 is 0 Å². The third-order valence-corrected chi connectivity index (χ3v) is 3.80. The van der Waals surface area contributed by atoms with Crippen LogP contribution in [0.15, 0.2) is 35.3 Å². The third kappa shape index (κ3) is 2.57. The van der Waals surface area contributed by atoms with E-state index in [2.05, 4.69) is 15.6 Å². The molecule has 1 aliphatic heterocycles. The first-order valence-electron chi connectivity index (χ1n) is 6.83. The van der Waals surface area contributed by atoms with E-state index in [0.717, 1.165) is 5.56 Å². The van der Waals surface area contributed by atoms with E-state index < -0.39 is 5.41 Å². The van der Waals surface area contributed by atoms with E-state index in [1.54, 1.807) is 0 Å². The van der Waals surface area contributed by atoms with Crippen molar-refractivity contribution in [2.75, 3.05) is 0 Å². The summed E-state index contributed by atoms with van der Waals surface area (Å²) in [6.07, 6.45) is 0.959. The Morgan fingerprint density at radius 3 is 2.05 bits per heavy atom. The number of benzene rings is 1. The van der Waals surface area contributed by atoms with Gasteiger partial charge < -0.3 is 0 Å². The average Bonchev–Trinajstić information content (AvgIpc) is 2.47. The van der Waals surface area contributed by atoms with Crippen molar-refractivity contribution in [2.45, 2.75) is 33.2 Å². The second-order valence-corrected chi connectivity index (χ2v) is 4.85. The fourth-order valence-corrected chi connectivity index (χ4v) is 2.31. The zero-order chi connectivity index (χ0) is 14.6. The fraction of sp³-hybridized carbons (Fsp3) is 0.400. The molecule has 1 saturated heterocycles. The van der Waals surface area contributed by atoms with Gasteiger partial charge in [0.25, 0.3) is 0 Å². The molecule has 20 heavy (non-hydrogen) atoms. The Balaban J connectivity index is 2.11. The van der Waals surface area contributed by atoms with Crippen LogP contribution in [0, 0.1) is 5.41 Å². The van der Waals surface area contributed by atoms with Gasteiger partial charge in [0.2, 0.25) is 17.8 Å². The first-order valence-corrected chi connectivity index (χ1v) is 6.83. The van der Waals surface area contributed by atoms with Crippen molar-refractivity contribution in [1.29, 1.82) is 0 Å². The molecule has 2 rings (SSSR count). The number of carbonyl (C=O) groups excluding carboxylic acids is 2. The molecular formula is C15H19N3O2. The lowest BCUT2D eigenvalue weighted by Crippen LogP contribution is -2.62. The lowest BCUT2D eigenvalue weighted by atomic mass is 9.79. The second-order valence-electron chi connectivity index (χ2n) is 4.85. The Bertz CT molecular complexity index is 511. The summed E-state index contributed by atoms with van der Waals surface area (Å²) in [6, 6.07) is 9.66. The van der Waals surface area contributed by atoms with E-state index in [0.29, 0.717) is 19.4 Å². The predicted molar refractivity (Wildman–Crippen MR) is 76.9 cm³/mol. The molecule has 2 N–H and O–H groups in total. The molecule has 0 bridgehead atoms. The Labute approximate surface area is 118 Å². The number of nitrogens with zero attached hydrogens (tertiary/aromatic N) is 1. The van der Waals surface area contributed by atoms with Crippen LogP contribution >= 0.6 is 0 Å². The lowest BCUT2D eigenvalue weighted by Gasteiger charge is -2.33. The van der Waals surface area contributed by atoms with E-state index in [1.807, 2.05) is 44.2 Å². The first kappa shape index (κ1) is 14.2. The van der Waals surface area contributed by atoms with Crippen LogP contribution in [0.3, 0.4) is 0 Å². The molecule has 1 aromatic rings. The van der Waals surface area contributed by atoms with Gasteiger partial charge >= 0.3 is 0 Å². The maximum absolute atomic E-state index is 12.2. The minimum atomic E-state index is -0.967. The van der Waals surface area contributed by atoms with Crippen molar-refractivity contribution in [2.24, 2.45) is 10.4 Å². The number of carbonyl (C=O) groups is 2. The molecule has 0 unspecified atom stereocenters. The Morgan fingerprint density at radius 1 is 1.00 bits per heavy atom. The van der Waals surface area contributed by atoms with Crippen LogP contribution in [0.4, 0.5) is 0 Å². The summed E-state index contributed by atoms with van der Waals surface area (Å²) in [4.78, 5) is 28.6. The Hall–Kier alpha value is -2.17. The number of rotatable bonds is 4. The standard InChI is InChI=1S/C15H19N3O2/c1-3-15(4-2)12(19)17-14(18-13(15)20)16-10-11-8-6-5-7-9-11/h5-9H,3-4,10H2,1-2H3,(H2,16,17,18,19,20). The molecule has 5 nitrogen and oxygen atoms in total. The minimum absolute atomic E-state index is 0.237. The molecule has 0 aliphatic carbocycles. The van der Waals surface area contributed by atoms with Crippen molar-refractivity contribution < 1.29 is 9.59 Å². The Morgan fingerprint density at radius 2 is 1.55 bits per heavy atom. The molecule has 0 saturated carbocycles. The van der Waals surface area contributed by atoms with Gasteiger partial charge in [-0.05, 0) is 18.4 Å². The maximum atomic E-state index is 12.2. The van der Waals surface area contributed by atoms with Crippen molar-refractivity contribution in [3.8, 4) is 0 Å². The van der Waals surface area contributed by atoms with Gasteiger partial charge in [0.1, 0.15) is 5.41 Å². The predicted octanol–water partition coefficient (Wildman–Crippen LogP) is 1.59. The summed E-state index contributed by atoms with van der Waals surface area (Å²) in [5.41, 5.74) is 0.0532. The maximum Gasteiger partial charge on any atom is 0.242 e. The van der Waals surface area contributed by atoms with E-state index in [4.69, 9.17) is 0 Å². The molecule has 1 aromatic carbocycles. The lowest BCUT2D eigenvalue weighted by molar-refractivity contribution is -0.144. The minimum Gasteiger partial charge on any atom is -0.295 e. The molecule has 5 heteroatoms. The van der Waals surface area contributed by atoms with Crippen molar-refractivity contribution >= 4 is 17.8 Å². The zero-order valence-electron chi connectivity index (χ0n) is 11.8. The third-order valence-electron chi connectivity index (χ3n) is 3.80. The van der Waals surface area contributed by atoms with Crippen LogP contribution in [0.2, 0.25) is 0 Å². The van der Waals surface area contributed by atoms with E-state index in [1.165, 1.54) is 0 Å². The summed E-state index contributed by atoms with van der Waals surface area (Å²) < 4.78 is 0. The summed E-state index contributed by atoms with van der Waals surface area (Å²) in [5.74, 6) is -0.294. The molecule has 0 spiro atoms. The smallest absolute Gasteiger partial charge is 0.242 e. The van der Waals surface area contributed by atoms with Gasteiger partial charge in [0.15, 0.2) is 0 Å². The fourth-order valence-electron chi connectivity index (χ4n) is 2.31. The number of amides is 2. The van der Waals surface area contributed by atoms with Crippen LogP contribution in [0.25, 0.3) is 0 Å². The Kier molecular flexibility index (Phi) is 4.17. The van der Waals surface area contributed by atoms with Crippen LogP contribution in [-0.2, 0) is 16.1 Å². The second kappa shape index (κ2) is 5.86. The van der Waals surface area contributed by atoms with Crippen molar-refractivity contribution in [3.05, 3.63) is 35.9 Å². The highest BCUT2D eigenvalue weighted by Crippen LogP contribution is 2.28. The van der Waals surface area contributed by atoms with Crippen LogP contribution in [-0.4, -0.2) is 17.8 Å². The summed E-state index contributed by atoms with van der Waals surface area (Å²) in [7, 11) is 0. The largest absolute Gasteiger partial charge is 0.295 e. The SMILES string of the molecule is CCC1(CC)C(=O)NC(=NCc2ccccc2)NC1=O. The number of hydrogen-bond donors (Lipinski definition) is 2. The normalized spacial score (nSPS) is 17.4. The van der Waals surface area contributed by atoms with E-state index in [-0.39, 0.29) is 17.8 Å². The van der Waals surface area contributed by atoms with Crippen molar-refractivity contribution in [1.82, 2.24) is 10.6 Å². The van der Waals surface area contributed by atoms with Crippen LogP contribution < -0.4 is 10.6 Å².